The predicted octanol–water partition coefficient (Wildman–Crippen LogP) is 7.15. The van der Waals surface area contributed by atoms with Crippen molar-refractivity contribution >= 4 is 48.8 Å². The van der Waals surface area contributed by atoms with Gasteiger partial charge in [0.2, 0.25) is 0 Å². The summed E-state index contributed by atoms with van der Waals surface area (Å²) in [5.41, 5.74) is 4.10. The Hall–Kier alpha value is -3.43. The monoisotopic (exact) mass is 378 g/mol. The smallest absolute Gasteiger partial charge is 0.138 e. The molecule has 2 nitrogen and oxygen atoms in total. The number of rotatable bonds is 4. The van der Waals surface area contributed by atoms with Crippen LogP contribution in [-0.4, -0.2) is 9.55 Å². The van der Waals surface area contributed by atoms with Crippen LogP contribution in [0.15, 0.2) is 97.4 Å². The first-order chi connectivity index (χ1) is 13.8. The van der Waals surface area contributed by atoms with Crippen LogP contribution in [-0.2, 0) is 0 Å². The Bertz CT molecular complexity index is 1400. The van der Waals surface area contributed by atoms with E-state index in [0.717, 1.165) is 22.6 Å². The second-order valence-corrected chi connectivity index (χ2v) is 7.57. The summed E-state index contributed by atoms with van der Waals surface area (Å²) in [7, 11) is 0. The van der Waals surface area contributed by atoms with Crippen LogP contribution < -0.4 is 0 Å². The van der Waals surface area contributed by atoms with Gasteiger partial charge >= 0.3 is 0 Å². The molecule has 0 saturated carbocycles. The van der Waals surface area contributed by atoms with Crippen LogP contribution in [0, 0.1) is 0 Å². The first kappa shape index (κ1) is 16.7. The number of benzene rings is 2. The average molecular weight is 379 g/mol. The maximum absolute atomic E-state index is 4.94. The summed E-state index contributed by atoms with van der Waals surface area (Å²) in [6.07, 6.45) is 5.56. The van der Waals surface area contributed by atoms with Gasteiger partial charge in [-0.1, -0.05) is 67.8 Å². The van der Waals surface area contributed by atoms with Gasteiger partial charge in [0, 0.05) is 10.8 Å². The minimum Gasteiger partial charge on any atom is -0.292 e. The molecule has 0 aliphatic rings. The lowest BCUT2D eigenvalue weighted by atomic mass is 10.1. The van der Waals surface area contributed by atoms with E-state index in [9.17, 15) is 0 Å². The number of allylic oxidation sites excluding steroid dienone is 4. The third kappa shape index (κ3) is 2.52. The Balaban J connectivity index is 1.85. The zero-order valence-corrected chi connectivity index (χ0v) is 16.1. The second kappa shape index (κ2) is 6.63. The molecule has 0 saturated heterocycles. The SMILES string of the molecule is C=C/C=C\C(=C)c1cccc(-n2c3ccccc3c3ccc4ccsc4c32)n1. The van der Waals surface area contributed by atoms with E-state index in [1.165, 1.54) is 26.4 Å². The maximum atomic E-state index is 4.94. The lowest BCUT2D eigenvalue weighted by Crippen LogP contribution is -1.99. The van der Waals surface area contributed by atoms with Crippen molar-refractivity contribution in [2.24, 2.45) is 0 Å². The van der Waals surface area contributed by atoms with Gasteiger partial charge in [0.25, 0.3) is 0 Å². The molecule has 0 atom stereocenters. The van der Waals surface area contributed by atoms with Gasteiger partial charge in [0.1, 0.15) is 5.82 Å². The molecule has 0 aliphatic heterocycles. The number of aromatic nitrogens is 2. The van der Waals surface area contributed by atoms with Crippen LogP contribution >= 0.6 is 11.3 Å². The molecule has 0 aliphatic carbocycles. The fourth-order valence-corrected chi connectivity index (χ4v) is 4.64. The third-order valence-electron chi connectivity index (χ3n) is 4.98. The summed E-state index contributed by atoms with van der Waals surface area (Å²) in [5, 5.41) is 5.90. The molecule has 0 bridgehead atoms. The van der Waals surface area contributed by atoms with Gasteiger partial charge in [0.05, 0.1) is 21.4 Å². The normalized spacial score (nSPS) is 11.7. The Morgan fingerprint density at radius 2 is 1.86 bits per heavy atom. The van der Waals surface area contributed by atoms with Crippen molar-refractivity contribution in [3.05, 3.63) is 103 Å². The summed E-state index contributed by atoms with van der Waals surface area (Å²) in [6.45, 7) is 7.87. The number of hydrogen-bond donors (Lipinski definition) is 0. The van der Waals surface area contributed by atoms with Crippen LogP contribution in [0.2, 0.25) is 0 Å². The van der Waals surface area contributed by atoms with Crippen molar-refractivity contribution in [2.45, 2.75) is 0 Å². The topological polar surface area (TPSA) is 17.8 Å². The van der Waals surface area contributed by atoms with Crippen molar-refractivity contribution in [3.63, 3.8) is 0 Å². The number of nitrogens with zero attached hydrogens (tertiary/aromatic N) is 2. The standard InChI is InChI=1S/C25H18N2S/c1-3-4-8-17(2)21-10-7-12-23(26-21)27-22-11-6-5-9-19(22)20-14-13-18-15-16-28-25(18)24(20)27/h3-16H,1-2H2/b8-4-. The largest absolute Gasteiger partial charge is 0.292 e. The fourth-order valence-electron chi connectivity index (χ4n) is 3.71. The maximum Gasteiger partial charge on any atom is 0.138 e. The number of para-hydroxylation sites is 1. The van der Waals surface area contributed by atoms with Crippen molar-refractivity contribution in [1.29, 1.82) is 0 Å². The minimum atomic E-state index is 0.861. The molecule has 0 radical (unpaired) electrons. The van der Waals surface area contributed by atoms with Gasteiger partial charge in [-0.05, 0) is 40.6 Å². The predicted molar refractivity (Wildman–Crippen MR) is 122 cm³/mol. The van der Waals surface area contributed by atoms with Crippen LogP contribution in [0.3, 0.4) is 0 Å². The van der Waals surface area contributed by atoms with Crippen molar-refractivity contribution in [3.8, 4) is 5.82 Å². The molecule has 2 aromatic carbocycles. The van der Waals surface area contributed by atoms with Crippen LogP contribution in [0.25, 0.3) is 43.3 Å². The fraction of sp³-hybridized carbons (Fsp3) is 0. The molecular formula is C25H18N2S. The van der Waals surface area contributed by atoms with E-state index in [4.69, 9.17) is 4.98 Å². The van der Waals surface area contributed by atoms with Gasteiger partial charge < -0.3 is 0 Å². The molecule has 0 unspecified atom stereocenters. The Kier molecular flexibility index (Phi) is 3.96. The molecule has 0 fully saturated rings. The number of thiophene rings is 1. The molecule has 28 heavy (non-hydrogen) atoms. The summed E-state index contributed by atoms with van der Waals surface area (Å²) >= 11 is 1.77. The lowest BCUT2D eigenvalue weighted by Gasteiger charge is -2.09. The molecular weight excluding hydrogens is 360 g/mol. The first-order valence-corrected chi connectivity index (χ1v) is 10.0. The molecule has 3 heterocycles. The van der Waals surface area contributed by atoms with E-state index < -0.39 is 0 Å². The summed E-state index contributed by atoms with van der Waals surface area (Å²) in [4.78, 5) is 4.94. The highest BCUT2D eigenvalue weighted by Crippen LogP contribution is 2.38. The molecule has 5 aromatic rings. The van der Waals surface area contributed by atoms with Crippen LogP contribution in [0.4, 0.5) is 0 Å². The molecule has 3 aromatic heterocycles. The quantitative estimate of drug-likeness (QED) is 0.304. The van der Waals surface area contributed by atoms with Gasteiger partial charge in [-0.25, -0.2) is 4.98 Å². The van der Waals surface area contributed by atoms with Crippen molar-refractivity contribution in [2.75, 3.05) is 0 Å². The molecule has 5 rings (SSSR count). The highest BCUT2D eigenvalue weighted by atomic mass is 32.1. The van der Waals surface area contributed by atoms with Crippen molar-refractivity contribution < 1.29 is 0 Å². The third-order valence-corrected chi connectivity index (χ3v) is 5.92. The van der Waals surface area contributed by atoms with Gasteiger partial charge in [-0.3, -0.25) is 4.57 Å². The molecule has 0 spiro atoms. The molecule has 0 amide bonds. The Labute approximate surface area is 167 Å². The average Bonchev–Trinajstić information content (AvgIpc) is 3.34. The van der Waals surface area contributed by atoms with E-state index in [0.29, 0.717) is 0 Å². The van der Waals surface area contributed by atoms with Gasteiger partial charge in [-0.15, -0.1) is 11.3 Å². The minimum absolute atomic E-state index is 0.861. The lowest BCUT2D eigenvalue weighted by molar-refractivity contribution is 1.07. The highest BCUT2D eigenvalue weighted by Gasteiger charge is 2.16. The zero-order chi connectivity index (χ0) is 19.1. The summed E-state index contributed by atoms with van der Waals surface area (Å²) < 4.78 is 3.56. The zero-order valence-electron chi connectivity index (χ0n) is 15.3. The second-order valence-electron chi connectivity index (χ2n) is 6.65. The Morgan fingerprint density at radius 1 is 0.964 bits per heavy atom. The molecule has 134 valence electrons. The van der Waals surface area contributed by atoms with Gasteiger partial charge in [0.15, 0.2) is 0 Å². The Morgan fingerprint density at radius 3 is 2.75 bits per heavy atom. The number of hydrogen-bond acceptors (Lipinski definition) is 2. The summed E-state index contributed by atoms with van der Waals surface area (Å²) in [5.74, 6) is 0.901. The molecule has 3 heteroatoms. The van der Waals surface area contributed by atoms with E-state index in [2.05, 4.69) is 71.6 Å². The first-order valence-electron chi connectivity index (χ1n) is 9.13. The highest BCUT2D eigenvalue weighted by molar-refractivity contribution is 7.18. The summed E-state index contributed by atoms with van der Waals surface area (Å²) in [6, 6.07) is 21.2. The van der Waals surface area contributed by atoms with E-state index in [1.807, 2.05) is 24.3 Å². The van der Waals surface area contributed by atoms with Gasteiger partial charge in [-0.2, -0.15) is 0 Å². The van der Waals surface area contributed by atoms with Crippen molar-refractivity contribution in [1.82, 2.24) is 9.55 Å². The van der Waals surface area contributed by atoms with E-state index >= 15 is 0 Å². The van der Waals surface area contributed by atoms with Crippen LogP contribution in [0.1, 0.15) is 5.69 Å². The van der Waals surface area contributed by atoms with Crippen LogP contribution in [0.5, 0.6) is 0 Å². The van der Waals surface area contributed by atoms with E-state index in [1.54, 1.807) is 17.4 Å². The number of fused-ring (bicyclic) bond motifs is 5. The number of pyridine rings is 1. The van der Waals surface area contributed by atoms with E-state index in [-0.39, 0.29) is 0 Å². The molecule has 0 N–H and O–H groups in total.